The molecule has 0 aliphatic carbocycles. The lowest BCUT2D eigenvalue weighted by Gasteiger charge is -2.20. The molecule has 2 atom stereocenters. The molecule has 88 valence electrons. The van der Waals surface area contributed by atoms with E-state index in [0.29, 0.717) is 0 Å². The summed E-state index contributed by atoms with van der Waals surface area (Å²) >= 11 is 0. The zero-order chi connectivity index (χ0) is 12.0. The maximum Gasteiger partial charge on any atom is 0.135 e. The van der Waals surface area contributed by atoms with E-state index in [1.165, 1.54) is 0 Å². The highest BCUT2D eigenvalue weighted by Crippen LogP contribution is 2.26. The van der Waals surface area contributed by atoms with Crippen LogP contribution in [0.15, 0.2) is 30.3 Å². The summed E-state index contributed by atoms with van der Waals surface area (Å²) in [5, 5.41) is 10.2. The molecule has 0 aliphatic heterocycles. The van der Waals surface area contributed by atoms with Crippen LogP contribution in [0.2, 0.25) is 0 Å². The van der Waals surface area contributed by atoms with Crippen LogP contribution >= 0.6 is 0 Å². The largest absolute Gasteiger partial charge is 0.388 e. The molecule has 0 heterocycles. The fourth-order valence-electron chi connectivity index (χ4n) is 1.89. The fraction of sp³-hybridized carbons (Fsp3) is 0.500. The molecule has 1 aromatic carbocycles. The predicted molar refractivity (Wildman–Crippen MR) is 65.1 cm³/mol. The predicted octanol–water partition coefficient (Wildman–Crippen LogP) is 3.12. The molecule has 1 rings (SSSR count). The Morgan fingerprint density at radius 1 is 1.31 bits per heavy atom. The topological polar surface area (TPSA) is 37.3 Å². The number of unbranched alkanes of at least 4 members (excludes halogenated alkanes) is 1. The third kappa shape index (κ3) is 3.46. The number of hydrogen-bond donors (Lipinski definition) is 1. The third-order valence-corrected chi connectivity index (χ3v) is 2.91. The van der Waals surface area contributed by atoms with Crippen LogP contribution in [0.4, 0.5) is 0 Å². The van der Waals surface area contributed by atoms with Gasteiger partial charge in [0, 0.05) is 5.92 Å². The number of hydrogen-bond acceptors (Lipinski definition) is 2. The van der Waals surface area contributed by atoms with Crippen LogP contribution in [-0.2, 0) is 4.79 Å². The Bertz CT molecular complexity index is 319. The van der Waals surface area contributed by atoms with Crippen LogP contribution in [0.5, 0.6) is 0 Å². The van der Waals surface area contributed by atoms with E-state index in [1.807, 2.05) is 30.3 Å². The van der Waals surface area contributed by atoms with Crippen LogP contribution in [0.25, 0.3) is 0 Å². The lowest BCUT2D eigenvalue weighted by Crippen LogP contribution is -2.20. The van der Waals surface area contributed by atoms with Gasteiger partial charge in [0.2, 0.25) is 0 Å². The van der Waals surface area contributed by atoms with Crippen molar-refractivity contribution in [3.8, 4) is 0 Å². The van der Waals surface area contributed by atoms with Crippen molar-refractivity contribution >= 4 is 5.78 Å². The van der Waals surface area contributed by atoms with E-state index in [-0.39, 0.29) is 11.7 Å². The second-order valence-electron chi connectivity index (χ2n) is 4.21. The minimum Gasteiger partial charge on any atom is -0.388 e. The summed E-state index contributed by atoms with van der Waals surface area (Å²) in [4.78, 5) is 11.5. The molecular weight excluding hydrogens is 200 g/mol. The van der Waals surface area contributed by atoms with Gasteiger partial charge in [-0.05, 0) is 18.9 Å². The van der Waals surface area contributed by atoms with Crippen molar-refractivity contribution in [1.29, 1.82) is 0 Å². The van der Waals surface area contributed by atoms with Gasteiger partial charge in [0.05, 0.1) is 6.10 Å². The van der Waals surface area contributed by atoms with Gasteiger partial charge in [-0.15, -0.1) is 0 Å². The number of benzene rings is 1. The van der Waals surface area contributed by atoms with Crippen LogP contribution in [0.3, 0.4) is 0 Å². The Balaban J connectivity index is 2.75. The number of aliphatic hydroxyl groups excluding tert-OH is 1. The van der Waals surface area contributed by atoms with Gasteiger partial charge in [-0.2, -0.15) is 0 Å². The molecule has 0 saturated heterocycles. The zero-order valence-electron chi connectivity index (χ0n) is 10.0. The molecule has 16 heavy (non-hydrogen) atoms. The van der Waals surface area contributed by atoms with Gasteiger partial charge in [0.25, 0.3) is 0 Å². The van der Waals surface area contributed by atoms with Gasteiger partial charge in [0.1, 0.15) is 5.78 Å². The second-order valence-corrected chi connectivity index (χ2v) is 4.21. The highest BCUT2D eigenvalue weighted by molar-refractivity contribution is 5.79. The molecular formula is C14H20O2. The minimum atomic E-state index is -0.662. The average molecular weight is 220 g/mol. The summed E-state index contributed by atoms with van der Waals surface area (Å²) in [6.07, 6.45) is 2.13. The number of carbonyl (C=O) groups is 1. The van der Waals surface area contributed by atoms with E-state index in [4.69, 9.17) is 0 Å². The van der Waals surface area contributed by atoms with Crippen molar-refractivity contribution in [3.05, 3.63) is 35.9 Å². The first kappa shape index (κ1) is 12.9. The molecule has 0 aromatic heterocycles. The molecule has 0 radical (unpaired) electrons. The Morgan fingerprint density at radius 2 is 1.94 bits per heavy atom. The number of Topliss-reactive ketones (excluding diaryl/α,β-unsaturated/α-hetero) is 1. The van der Waals surface area contributed by atoms with E-state index in [1.54, 1.807) is 6.92 Å². The molecule has 1 N–H and O–H groups in total. The molecule has 0 saturated carbocycles. The molecule has 1 aromatic rings. The van der Waals surface area contributed by atoms with Crippen molar-refractivity contribution in [2.45, 2.75) is 39.2 Å². The Kier molecular flexibility index (Phi) is 5.20. The highest BCUT2D eigenvalue weighted by Gasteiger charge is 2.24. The summed E-state index contributed by atoms with van der Waals surface area (Å²) < 4.78 is 0. The highest BCUT2D eigenvalue weighted by atomic mass is 16.3. The van der Waals surface area contributed by atoms with Crippen molar-refractivity contribution in [2.75, 3.05) is 0 Å². The van der Waals surface area contributed by atoms with Gasteiger partial charge in [-0.1, -0.05) is 50.1 Å². The molecule has 0 aliphatic rings. The minimum absolute atomic E-state index is 0.0739. The van der Waals surface area contributed by atoms with Crippen LogP contribution in [0, 0.1) is 5.92 Å². The van der Waals surface area contributed by atoms with Crippen LogP contribution < -0.4 is 0 Å². The van der Waals surface area contributed by atoms with Gasteiger partial charge in [0.15, 0.2) is 0 Å². The number of ketones is 1. The Hall–Kier alpha value is -1.15. The smallest absolute Gasteiger partial charge is 0.135 e. The first-order chi connectivity index (χ1) is 7.66. The lowest BCUT2D eigenvalue weighted by atomic mass is 9.88. The normalized spacial score (nSPS) is 14.4. The molecule has 0 amide bonds. The zero-order valence-corrected chi connectivity index (χ0v) is 10.0. The van der Waals surface area contributed by atoms with Crippen molar-refractivity contribution in [1.82, 2.24) is 0 Å². The number of aliphatic hydroxyl groups is 1. The number of rotatable bonds is 6. The molecule has 2 unspecified atom stereocenters. The van der Waals surface area contributed by atoms with Gasteiger partial charge >= 0.3 is 0 Å². The molecule has 0 bridgehead atoms. The standard InChI is InChI=1S/C14H20O2/c1-3-4-10-13(11(2)15)14(16)12-8-6-5-7-9-12/h5-9,13-14,16H,3-4,10H2,1-2H3. The van der Waals surface area contributed by atoms with E-state index in [0.717, 1.165) is 24.8 Å². The van der Waals surface area contributed by atoms with Gasteiger partial charge in [-0.25, -0.2) is 0 Å². The maximum atomic E-state index is 11.5. The average Bonchev–Trinajstić information content (AvgIpc) is 2.30. The Labute approximate surface area is 97.3 Å². The monoisotopic (exact) mass is 220 g/mol. The molecule has 0 fully saturated rings. The van der Waals surface area contributed by atoms with E-state index in [2.05, 4.69) is 6.92 Å². The van der Waals surface area contributed by atoms with E-state index < -0.39 is 6.10 Å². The van der Waals surface area contributed by atoms with E-state index >= 15 is 0 Å². The lowest BCUT2D eigenvalue weighted by molar-refractivity contribution is -0.124. The first-order valence-corrected chi connectivity index (χ1v) is 5.90. The number of carbonyl (C=O) groups excluding carboxylic acids is 1. The van der Waals surface area contributed by atoms with E-state index in [9.17, 15) is 9.90 Å². The summed E-state index contributed by atoms with van der Waals surface area (Å²) in [5.41, 5.74) is 0.832. The summed E-state index contributed by atoms with van der Waals surface area (Å²) in [5.74, 6) is -0.188. The summed E-state index contributed by atoms with van der Waals surface area (Å²) in [7, 11) is 0. The third-order valence-electron chi connectivity index (χ3n) is 2.91. The molecule has 2 nitrogen and oxygen atoms in total. The Morgan fingerprint density at radius 3 is 2.44 bits per heavy atom. The second kappa shape index (κ2) is 6.44. The van der Waals surface area contributed by atoms with Crippen molar-refractivity contribution in [3.63, 3.8) is 0 Å². The van der Waals surface area contributed by atoms with Crippen LogP contribution in [-0.4, -0.2) is 10.9 Å². The van der Waals surface area contributed by atoms with Crippen molar-refractivity contribution < 1.29 is 9.90 Å². The van der Waals surface area contributed by atoms with Crippen LogP contribution in [0.1, 0.15) is 44.8 Å². The molecule has 2 heteroatoms. The molecule has 0 spiro atoms. The van der Waals surface area contributed by atoms with Gasteiger partial charge in [-0.3, -0.25) is 4.79 Å². The van der Waals surface area contributed by atoms with Gasteiger partial charge < -0.3 is 5.11 Å². The summed E-state index contributed by atoms with van der Waals surface area (Å²) in [6, 6.07) is 9.41. The summed E-state index contributed by atoms with van der Waals surface area (Å²) in [6.45, 7) is 3.65. The quantitative estimate of drug-likeness (QED) is 0.799. The fourth-order valence-corrected chi connectivity index (χ4v) is 1.89. The first-order valence-electron chi connectivity index (χ1n) is 5.90. The van der Waals surface area contributed by atoms with Crippen molar-refractivity contribution in [2.24, 2.45) is 5.92 Å². The maximum absolute atomic E-state index is 11.5. The SMILES string of the molecule is CCCCC(C(C)=O)C(O)c1ccccc1.